The molecule has 0 saturated heterocycles. The first-order valence-electron chi connectivity index (χ1n) is 4.89. The van der Waals surface area contributed by atoms with Crippen LogP contribution in [-0.4, -0.2) is 5.33 Å². The van der Waals surface area contributed by atoms with E-state index in [0.29, 0.717) is 5.41 Å². The first kappa shape index (κ1) is 10.3. The summed E-state index contributed by atoms with van der Waals surface area (Å²) in [7, 11) is 0. The lowest BCUT2D eigenvalue weighted by Crippen LogP contribution is -2.19. The third-order valence-corrected chi connectivity index (χ3v) is 3.99. The van der Waals surface area contributed by atoms with Crippen molar-refractivity contribution in [1.29, 1.82) is 0 Å². The molecular weight excluding hydrogens is 212 g/mol. The molecule has 0 radical (unpaired) electrons. The standard InChI is InChI=1S/C11H19Br/c1-10(2)5-8-11(9-12)6-3-4-7-11/h3-4,10H,5-9H2,1-2H3. The third kappa shape index (κ3) is 2.62. The van der Waals surface area contributed by atoms with E-state index < -0.39 is 0 Å². The summed E-state index contributed by atoms with van der Waals surface area (Å²) >= 11 is 3.64. The molecule has 0 aromatic heterocycles. The molecule has 0 bridgehead atoms. The second kappa shape index (κ2) is 4.45. The molecule has 12 heavy (non-hydrogen) atoms. The lowest BCUT2D eigenvalue weighted by Gasteiger charge is -2.27. The van der Waals surface area contributed by atoms with E-state index in [2.05, 4.69) is 41.9 Å². The Balaban J connectivity index is 2.35. The van der Waals surface area contributed by atoms with Crippen LogP contribution in [0.15, 0.2) is 12.2 Å². The minimum atomic E-state index is 0.574. The number of rotatable bonds is 4. The van der Waals surface area contributed by atoms with Crippen LogP contribution in [-0.2, 0) is 0 Å². The van der Waals surface area contributed by atoms with Crippen molar-refractivity contribution in [2.75, 3.05) is 5.33 Å². The molecule has 0 fully saturated rings. The predicted molar refractivity (Wildman–Crippen MR) is 58.7 cm³/mol. The maximum absolute atomic E-state index is 3.64. The van der Waals surface area contributed by atoms with E-state index >= 15 is 0 Å². The van der Waals surface area contributed by atoms with E-state index in [9.17, 15) is 0 Å². The van der Waals surface area contributed by atoms with E-state index in [1.54, 1.807) is 0 Å². The van der Waals surface area contributed by atoms with Gasteiger partial charge in [0.1, 0.15) is 0 Å². The molecule has 0 unspecified atom stereocenters. The van der Waals surface area contributed by atoms with Gasteiger partial charge in [-0.05, 0) is 30.6 Å². The smallest absolute Gasteiger partial charge is 0.00939 e. The lowest BCUT2D eigenvalue weighted by molar-refractivity contribution is 0.303. The molecular formula is C11H19Br. The van der Waals surface area contributed by atoms with Crippen LogP contribution in [0.25, 0.3) is 0 Å². The van der Waals surface area contributed by atoms with Crippen molar-refractivity contribution in [3.05, 3.63) is 12.2 Å². The predicted octanol–water partition coefficient (Wildman–Crippen LogP) is 4.15. The molecule has 1 rings (SSSR count). The summed E-state index contributed by atoms with van der Waals surface area (Å²) < 4.78 is 0. The van der Waals surface area contributed by atoms with Gasteiger partial charge in [0.05, 0.1) is 0 Å². The van der Waals surface area contributed by atoms with Gasteiger partial charge in [-0.3, -0.25) is 0 Å². The van der Waals surface area contributed by atoms with Crippen molar-refractivity contribution in [3.8, 4) is 0 Å². The summed E-state index contributed by atoms with van der Waals surface area (Å²) in [6.07, 6.45) is 9.98. The zero-order valence-electron chi connectivity index (χ0n) is 8.15. The topological polar surface area (TPSA) is 0 Å². The van der Waals surface area contributed by atoms with E-state index in [0.717, 1.165) is 5.92 Å². The Morgan fingerprint density at radius 3 is 2.33 bits per heavy atom. The number of hydrogen-bond acceptors (Lipinski definition) is 0. The second-order valence-corrected chi connectivity index (χ2v) is 5.01. The Morgan fingerprint density at radius 1 is 1.33 bits per heavy atom. The molecule has 0 N–H and O–H groups in total. The largest absolute Gasteiger partial charge is 0.0922 e. The van der Waals surface area contributed by atoms with Gasteiger partial charge in [0.25, 0.3) is 0 Å². The van der Waals surface area contributed by atoms with Gasteiger partial charge in [-0.25, -0.2) is 0 Å². The minimum absolute atomic E-state index is 0.574. The fourth-order valence-corrected chi connectivity index (χ4v) is 2.46. The van der Waals surface area contributed by atoms with Gasteiger partial charge in [-0.1, -0.05) is 48.4 Å². The maximum Gasteiger partial charge on any atom is 0.00939 e. The monoisotopic (exact) mass is 230 g/mol. The SMILES string of the molecule is CC(C)CCC1(CBr)CC=CC1. The Bertz CT molecular complexity index is 150. The molecule has 1 heteroatoms. The number of allylic oxidation sites excluding steroid dienone is 2. The highest BCUT2D eigenvalue weighted by atomic mass is 79.9. The Kier molecular flexibility index (Phi) is 3.82. The number of alkyl halides is 1. The summed E-state index contributed by atoms with van der Waals surface area (Å²) in [5.41, 5.74) is 0.574. The molecule has 0 aromatic rings. The van der Waals surface area contributed by atoms with Crippen LogP contribution in [0, 0.1) is 11.3 Å². The van der Waals surface area contributed by atoms with Crippen molar-refractivity contribution in [3.63, 3.8) is 0 Å². The lowest BCUT2D eigenvalue weighted by atomic mass is 9.81. The average molecular weight is 231 g/mol. The van der Waals surface area contributed by atoms with Gasteiger partial charge in [0.15, 0.2) is 0 Å². The van der Waals surface area contributed by atoms with Crippen LogP contribution in [0.4, 0.5) is 0 Å². The van der Waals surface area contributed by atoms with Crippen molar-refractivity contribution in [2.24, 2.45) is 11.3 Å². The summed E-state index contributed by atoms with van der Waals surface area (Å²) in [6, 6.07) is 0. The Labute approximate surface area is 84.6 Å². The van der Waals surface area contributed by atoms with Crippen molar-refractivity contribution < 1.29 is 0 Å². The van der Waals surface area contributed by atoms with Crippen LogP contribution in [0.2, 0.25) is 0 Å². The van der Waals surface area contributed by atoms with E-state index in [1.807, 2.05) is 0 Å². The summed E-state index contributed by atoms with van der Waals surface area (Å²) in [4.78, 5) is 0. The highest BCUT2D eigenvalue weighted by molar-refractivity contribution is 9.09. The first-order valence-corrected chi connectivity index (χ1v) is 6.02. The minimum Gasteiger partial charge on any atom is -0.0922 e. The molecule has 0 aromatic carbocycles. The van der Waals surface area contributed by atoms with Gasteiger partial charge in [-0.2, -0.15) is 0 Å². The zero-order chi connectivity index (χ0) is 9.03. The molecule has 0 spiro atoms. The van der Waals surface area contributed by atoms with Gasteiger partial charge in [0, 0.05) is 5.33 Å². The summed E-state index contributed by atoms with van der Waals surface area (Å²) in [6.45, 7) is 4.62. The number of halogens is 1. The molecule has 70 valence electrons. The van der Waals surface area contributed by atoms with Crippen LogP contribution in [0.1, 0.15) is 39.5 Å². The average Bonchev–Trinajstić information content (AvgIpc) is 2.50. The van der Waals surface area contributed by atoms with E-state index in [1.165, 1.54) is 31.0 Å². The molecule has 0 amide bonds. The zero-order valence-corrected chi connectivity index (χ0v) is 9.73. The van der Waals surface area contributed by atoms with Crippen LogP contribution in [0.5, 0.6) is 0 Å². The molecule has 1 aliphatic carbocycles. The van der Waals surface area contributed by atoms with Gasteiger partial charge in [-0.15, -0.1) is 0 Å². The molecule has 0 saturated carbocycles. The van der Waals surface area contributed by atoms with Crippen molar-refractivity contribution in [2.45, 2.75) is 39.5 Å². The molecule has 0 nitrogen and oxygen atoms in total. The maximum atomic E-state index is 3.64. The van der Waals surface area contributed by atoms with Crippen LogP contribution >= 0.6 is 15.9 Å². The first-order chi connectivity index (χ1) is 5.68. The molecule has 0 heterocycles. The molecule has 0 atom stereocenters. The fourth-order valence-electron chi connectivity index (χ4n) is 1.72. The van der Waals surface area contributed by atoms with Gasteiger partial charge < -0.3 is 0 Å². The highest BCUT2D eigenvalue weighted by Crippen LogP contribution is 2.40. The van der Waals surface area contributed by atoms with Gasteiger partial charge >= 0.3 is 0 Å². The van der Waals surface area contributed by atoms with Crippen LogP contribution in [0.3, 0.4) is 0 Å². The van der Waals surface area contributed by atoms with E-state index in [4.69, 9.17) is 0 Å². The van der Waals surface area contributed by atoms with Crippen molar-refractivity contribution >= 4 is 15.9 Å². The fraction of sp³-hybridized carbons (Fsp3) is 0.818. The summed E-state index contributed by atoms with van der Waals surface area (Å²) in [5, 5.41) is 1.17. The Hall–Kier alpha value is 0.220. The molecule has 1 aliphatic rings. The Morgan fingerprint density at radius 2 is 1.92 bits per heavy atom. The second-order valence-electron chi connectivity index (χ2n) is 4.45. The van der Waals surface area contributed by atoms with E-state index in [-0.39, 0.29) is 0 Å². The normalized spacial score (nSPS) is 20.7. The third-order valence-electron chi connectivity index (χ3n) is 2.80. The van der Waals surface area contributed by atoms with Crippen molar-refractivity contribution in [1.82, 2.24) is 0 Å². The number of hydrogen-bond donors (Lipinski definition) is 0. The summed E-state index contributed by atoms with van der Waals surface area (Å²) in [5.74, 6) is 0.849. The van der Waals surface area contributed by atoms with Crippen LogP contribution < -0.4 is 0 Å². The highest BCUT2D eigenvalue weighted by Gasteiger charge is 2.29. The molecule has 0 aliphatic heterocycles. The van der Waals surface area contributed by atoms with Gasteiger partial charge in [0.2, 0.25) is 0 Å². The quantitative estimate of drug-likeness (QED) is 0.503.